The van der Waals surface area contributed by atoms with Crippen LogP contribution in [0.25, 0.3) is 22.2 Å². The van der Waals surface area contributed by atoms with Crippen molar-refractivity contribution in [2.45, 2.75) is 0 Å². The maximum absolute atomic E-state index is 5.81. The summed E-state index contributed by atoms with van der Waals surface area (Å²) in [5.74, 6) is 1.95. The van der Waals surface area contributed by atoms with Gasteiger partial charge in [0.05, 0.1) is 20.4 Å². The highest BCUT2D eigenvalue weighted by Gasteiger charge is 2.11. The number of hydrogen-bond acceptors (Lipinski definition) is 5. The zero-order valence-corrected chi connectivity index (χ0v) is 13.9. The Bertz CT molecular complexity index is 1020. The average molecular weight is 335 g/mol. The Morgan fingerprint density at radius 2 is 1.88 bits per heavy atom. The highest BCUT2D eigenvalue weighted by Crippen LogP contribution is 2.33. The summed E-state index contributed by atoms with van der Waals surface area (Å²) in [5.41, 5.74) is 2.81. The van der Waals surface area contributed by atoms with Gasteiger partial charge in [-0.1, -0.05) is 6.07 Å². The third kappa shape index (κ3) is 2.89. The van der Waals surface area contributed by atoms with Gasteiger partial charge in [-0.15, -0.1) is 0 Å². The Balaban J connectivity index is 1.59. The quantitative estimate of drug-likeness (QED) is 0.558. The van der Waals surface area contributed by atoms with Crippen LogP contribution in [0.4, 0.5) is 11.7 Å². The molecule has 2 N–H and O–H groups in total. The van der Waals surface area contributed by atoms with E-state index in [-0.39, 0.29) is 0 Å². The molecule has 0 spiro atoms. The van der Waals surface area contributed by atoms with Crippen LogP contribution in [0.5, 0.6) is 11.5 Å². The minimum absolute atomic E-state index is 0.427. The second-order valence-corrected chi connectivity index (χ2v) is 5.50. The van der Waals surface area contributed by atoms with Gasteiger partial charge in [-0.05, 0) is 41.8 Å². The van der Waals surface area contributed by atoms with E-state index >= 15 is 0 Å². The van der Waals surface area contributed by atoms with Crippen LogP contribution in [0.1, 0.15) is 0 Å². The molecule has 0 fully saturated rings. The largest absolute Gasteiger partial charge is 0.493 e. The van der Waals surface area contributed by atoms with Gasteiger partial charge >= 0.3 is 0 Å². The number of H-pyrrole nitrogens is 1. The topological polar surface area (TPSA) is 72.3 Å². The van der Waals surface area contributed by atoms with Crippen molar-refractivity contribution >= 4 is 22.6 Å². The van der Waals surface area contributed by atoms with Gasteiger partial charge in [0, 0.05) is 23.0 Å². The van der Waals surface area contributed by atoms with E-state index in [0.717, 1.165) is 22.2 Å². The van der Waals surface area contributed by atoms with Gasteiger partial charge < -0.3 is 24.2 Å². The summed E-state index contributed by atoms with van der Waals surface area (Å²) in [5, 5.41) is 4.33. The van der Waals surface area contributed by atoms with Crippen LogP contribution < -0.4 is 14.8 Å². The average Bonchev–Trinajstić information content (AvgIpc) is 3.30. The lowest BCUT2D eigenvalue weighted by Gasteiger charge is -2.08. The zero-order valence-electron chi connectivity index (χ0n) is 13.9. The van der Waals surface area contributed by atoms with Crippen molar-refractivity contribution in [3.05, 3.63) is 54.9 Å². The predicted molar refractivity (Wildman–Crippen MR) is 96.6 cm³/mol. The van der Waals surface area contributed by atoms with E-state index in [0.29, 0.717) is 23.3 Å². The summed E-state index contributed by atoms with van der Waals surface area (Å²) >= 11 is 0. The minimum atomic E-state index is 0.427. The molecule has 0 saturated carbocycles. The highest BCUT2D eigenvalue weighted by atomic mass is 16.5. The second-order valence-electron chi connectivity index (χ2n) is 5.50. The van der Waals surface area contributed by atoms with Crippen molar-refractivity contribution in [1.82, 2.24) is 9.97 Å². The number of nitrogens with one attached hydrogen (secondary N) is 2. The minimum Gasteiger partial charge on any atom is -0.493 e. The normalized spacial score (nSPS) is 10.8. The van der Waals surface area contributed by atoms with Crippen molar-refractivity contribution < 1.29 is 13.9 Å². The first-order valence-corrected chi connectivity index (χ1v) is 7.79. The van der Waals surface area contributed by atoms with Crippen molar-refractivity contribution in [1.29, 1.82) is 0 Å². The molecule has 25 heavy (non-hydrogen) atoms. The van der Waals surface area contributed by atoms with Crippen LogP contribution in [0, 0.1) is 0 Å². The monoisotopic (exact) mass is 335 g/mol. The molecule has 0 unspecified atom stereocenters. The van der Waals surface area contributed by atoms with Crippen LogP contribution in [-0.2, 0) is 0 Å². The lowest BCUT2D eigenvalue weighted by molar-refractivity contribution is 0.355. The van der Waals surface area contributed by atoms with E-state index in [1.54, 1.807) is 20.4 Å². The number of nitrogens with zero attached hydrogens (tertiary/aromatic N) is 1. The molecule has 2 heterocycles. The fraction of sp³-hybridized carbons (Fsp3) is 0.105. The van der Waals surface area contributed by atoms with Crippen molar-refractivity contribution in [2.75, 3.05) is 19.5 Å². The smallest absolute Gasteiger partial charge is 0.299 e. The van der Waals surface area contributed by atoms with Crippen LogP contribution in [0.15, 0.2) is 59.3 Å². The molecular weight excluding hydrogens is 318 g/mol. The van der Waals surface area contributed by atoms with E-state index in [9.17, 15) is 0 Å². The predicted octanol–water partition coefficient (Wildman–Crippen LogP) is 4.58. The van der Waals surface area contributed by atoms with Crippen LogP contribution in [-0.4, -0.2) is 24.2 Å². The molecule has 0 atom stereocenters. The number of anilines is 2. The summed E-state index contributed by atoms with van der Waals surface area (Å²) in [4.78, 5) is 7.48. The highest BCUT2D eigenvalue weighted by molar-refractivity contribution is 5.83. The van der Waals surface area contributed by atoms with Crippen LogP contribution in [0.2, 0.25) is 0 Å². The molecule has 4 rings (SSSR count). The van der Waals surface area contributed by atoms with Gasteiger partial charge in [0.15, 0.2) is 17.3 Å². The molecule has 0 amide bonds. The molecule has 0 saturated heterocycles. The summed E-state index contributed by atoms with van der Waals surface area (Å²) in [6, 6.07) is 14.1. The Labute approximate surface area is 144 Å². The number of rotatable bonds is 5. The second kappa shape index (κ2) is 6.24. The van der Waals surface area contributed by atoms with Gasteiger partial charge in [0.2, 0.25) is 0 Å². The Kier molecular flexibility index (Phi) is 3.78. The maximum atomic E-state index is 5.81. The van der Waals surface area contributed by atoms with E-state index < -0.39 is 0 Å². The fourth-order valence-corrected chi connectivity index (χ4v) is 2.70. The molecule has 0 aliphatic heterocycles. The molecular formula is C19H17N3O3. The lowest BCUT2D eigenvalue weighted by Crippen LogP contribution is -1.90. The first kappa shape index (κ1) is 15.1. The molecule has 0 bridgehead atoms. The van der Waals surface area contributed by atoms with Crippen molar-refractivity contribution in [2.24, 2.45) is 0 Å². The third-order valence-corrected chi connectivity index (χ3v) is 3.98. The zero-order chi connectivity index (χ0) is 17.2. The van der Waals surface area contributed by atoms with E-state index in [2.05, 4.69) is 15.3 Å². The van der Waals surface area contributed by atoms with E-state index in [4.69, 9.17) is 13.9 Å². The number of methoxy groups -OCH3 is 2. The van der Waals surface area contributed by atoms with E-state index in [1.165, 1.54) is 0 Å². The number of ether oxygens (including phenoxy) is 2. The number of aromatic nitrogens is 2. The standard InChI is InChI=1S/C19H17N3O3/c1-23-16-6-4-13(9-17(16)24-2)18-11-21-19(25-18)22-14-5-3-12-7-8-20-15(12)10-14/h3-11,20H,1-2H3,(H,21,22). The number of fused-ring (bicyclic) bond motifs is 1. The fourth-order valence-electron chi connectivity index (χ4n) is 2.70. The lowest BCUT2D eigenvalue weighted by atomic mass is 10.1. The molecule has 126 valence electrons. The van der Waals surface area contributed by atoms with E-state index in [1.807, 2.05) is 48.7 Å². The summed E-state index contributed by atoms with van der Waals surface area (Å²) in [6.07, 6.45) is 3.59. The first-order valence-electron chi connectivity index (χ1n) is 7.79. The van der Waals surface area contributed by atoms with Gasteiger partial charge in [-0.2, -0.15) is 0 Å². The van der Waals surface area contributed by atoms with Gasteiger partial charge in [0.25, 0.3) is 6.01 Å². The first-order chi connectivity index (χ1) is 12.3. The van der Waals surface area contributed by atoms with Crippen molar-refractivity contribution in [3.63, 3.8) is 0 Å². The Hall–Kier alpha value is -3.41. The SMILES string of the molecule is COc1ccc(-c2cnc(Nc3ccc4cc[nH]c4c3)o2)cc1OC. The molecule has 0 radical (unpaired) electrons. The maximum Gasteiger partial charge on any atom is 0.299 e. The number of benzene rings is 2. The number of oxazole rings is 1. The number of hydrogen-bond donors (Lipinski definition) is 2. The summed E-state index contributed by atoms with van der Waals surface area (Å²) in [7, 11) is 3.21. The molecule has 0 aliphatic carbocycles. The Morgan fingerprint density at radius 1 is 1.00 bits per heavy atom. The van der Waals surface area contributed by atoms with Crippen LogP contribution >= 0.6 is 0 Å². The van der Waals surface area contributed by atoms with Gasteiger partial charge in [0.1, 0.15) is 0 Å². The summed E-state index contributed by atoms with van der Waals surface area (Å²) in [6.45, 7) is 0. The van der Waals surface area contributed by atoms with Gasteiger partial charge in [-0.25, -0.2) is 4.98 Å². The molecule has 6 heteroatoms. The molecule has 0 aliphatic rings. The van der Waals surface area contributed by atoms with Crippen LogP contribution in [0.3, 0.4) is 0 Å². The number of aromatic amines is 1. The molecule has 4 aromatic rings. The van der Waals surface area contributed by atoms with Crippen molar-refractivity contribution in [3.8, 4) is 22.8 Å². The molecule has 2 aromatic heterocycles. The Morgan fingerprint density at radius 3 is 2.72 bits per heavy atom. The molecule has 6 nitrogen and oxygen atoms in total. The third-order valence-electron chi connectivity index (χ3n) is 3.98. The molecule has 2 aromatic carbocycles. The summed E-state index contributed by atoms with van der Waals surface area (Å²) < 4.78 is 16.4. The van der Waals surface area contributed by atoms with Gasteiger partial charge in [-0.3, -0.25) is 0 Å².